The fourth-order valence-corrected chi connectivity index (χ4v) is 2.75. The summed E-state index contributed by atoms with van der Waals surface area (Å²) >= 11 is 1.60. The number of para-hydroxylation sites is 1. The number of unbranched alkanes of at least 4 members (excludes halogenated alkanes) is 1. The van der Waals surface area contributed by atoms with Crippen LogP contribution in [0.1, 0.15) is 31.2 Å². The van der Waals surface area contributed by atoms with E-state index in [0.717, 1.165) is 34.5 Å². The summed E-state index contributed by atoms with van der Waals surface area (Å²) in [5, 5.41) is 3.77. The van der Waals surface area contributed by atoms with Gasteiger partial charge in [0.2, 0.25) is 5.91 Å². The van der Waals surface area contributed by atoms with Gasteiger partial charge in [-0.1, -0.05) is 31.9 Å². The zero-order chi connectivity index (χ0) is 13.7. The molecule has 0 fully saturated rings. The zero-order valence-electron chi connectivity index (χ0n) is 11.1. The first-order valence-corrected chi connectivity index (χ1v) is 7.40. The molecule has 0 saturated carbocycles. The van der Waals surface area contributed by atoms with Crippen LogP contribution in [-0.2, 0) is 11.3 Å². The van der Waals surface area contributed by atoms with Gasteiger partial charge in [0.15, 0.2) is 0 Å². The van der Waals surface area contributed by atoms with Gasteiger partial charge in [-0.2, -0.15) is 0 Å². The largest absolute Gasteiger partial charge is 0.348 e. The summed E-state index contributed by atoms with van der Waals surface area (Å²) in [6.45, 7) is 2.55. The molecule has 19 heavy (non-hydrogen) atoms. The lowest BCUT2D eigenvalue weighted by atomic mass is 10.1. The van der Waals surface area contributed by atoms with Crippen LogP contribution in [0.3, 0.4) is 0 Å². The lowest BCUT2D eigenvalue weighted by Gasteiger charge is -2.10. The number of nitrogens with two attached hydrogens (primary N) is 1. The standard InChI is InChI=1S/C14H19N3OS/c1-2-3-6-10(15)14(18)16-9-13-17-11-7-4-5-8-12(11)19-13/h4-5,7-8,10H,2-3,6,9,15H2,1H3,(H,16,18)/t10-/m0/s1. The topological polar surface area (TPSA) is 68.0 Å². The minimum atomic E-state index is -0.408. The molecule has 0 aliphatic rings. The molecule has 5 heteroatoms. The van der Waals surface area contributed by atoms with E-state index in [2.05, 4.69) is 17.2 Å². The second-order valence-corrected chi connectivity index (χ2v) is 5.66. The molecule has 4 nitrogen and oxygen atoms in total. The van der Waals surface area contributed by atoms with Crippen molar-refractivity contribution in [3.63, 3.8) is 0 Å². The Morgan fingerprint density at radius 3 is 3.00 bits per heavy atom. The van der Waals surface area contributed by atoms with E-state index in [4.69, 9.17) is 5.73 Å². The molecule has 0 bridgehead atoms. The Balaban J connectivity index is 1.89. The maximum atomic E-state index is 11.8. The average molecular weight is 277 g/mol. The van der Waals surface area contributed by atoms with E-state index in [1.807, 2.05) is 24.3 Å². The molecule has 2 aromatic rings. The second kappa shape index (κ2) is 6.63. The number of nitrogens with zero attached hydrogens (tertiary/aromatic N) is 1. The maximum Gasteiger partial charge on any atom is 0.237 e. The summed E-state index contributed by atoms with van der Waals surface area (Å²) in [7, 11) is 0. The predicted molar refractivity (Wildman–Crippen MR) is 79.0 cm³/mol. The molecule has 3 N–H and O–H groups in total. The molecule has 102 valence electrons. The highest BCUT2D eigenvalue weighted by Crippen LogP contribution is 2.21. The Morgan fingerprint density at radius 1 is 1.47 bits per heavy atom. The summed E-state index contributed by atoms with van der Waals surface area (Å²) in [5.41, 5.74) is 6.79. The third-order valence-corrected chi connectivity index (χ3v) is 3.99. The van der Waals surface area contributed by atoms with Crippen LogP contribution >= 0.6 is 11.3 Å². The van der Waals surface area contributed by atoms with Crippen molar-refractivity contribution in [2.24, 2.45) is 5.73 Å². The Morgan fingerprint density at radius 2 is 2.26 bits per heavy atom. The number of aromatic nitrogens is 1. The van der Waals surface area contributed by atoms with E-state index in [1.54, 1.807) is 11.3 Å². The summed E-state index contributed by atoms with van der Waals surface area (Å²) in [6, 6.07) is 7.55. The molecule has 0 aliphatic heterocycles. The Hall–Kier alpha value is -1.46. The highest BCUT2D eigenvalue weighted by molar-refractivity contribution is 7.18. The van der Waals surface area contributed by atoms with Gasteiger partial charge in [0.25, 0.3) is 0 Å². The molecule has 1 aromatic carbocycles. The smallest absolute Gasteiger partial charge is 0.237 e. The van der Waals surface area contributed by atoms with Gasteiger partial charge in [0.05, 0.1) is 22.8 Å². The van der Waals surface area contributed by atoms with Crippen LogP contribution in [-0.4, -0.2) is 16.9 Å². The summed E-state index contributed by atoms with van der Waals surface area (Å²) in [6.07, 6.45) is 2.77. The SMILES string of the molecule is CCCC[C@H](N)C(=O)NCc1nc2ccccc2s1. The van der Waals surface area contributed by atoms with Crippen molar-refractivity contribution >= 4 is 27.5 Å². The molecule has 1 aromatic heterocycles. The number of benzene rings is 1. The third-order valence-electron chi connectivity index (χ3n) is 2.96. The Kier molecular flexibility index (Phi) is 4.87. The molecule has 1 atom stereocenters. The molecular formula is C14H19N3OS. The molecule has 0 unspecified atom stereocenters. The van der Waals surface area contributed by atoms with Crippen LogP contribution in [0.4, 0.5) is 0 Å². The van der Waals surface area contributed by atoms with Crippen molar-refractivity contribution in [2.45, 2.75) is 38.8 Å². The van der Waals surface area contributed by atoms with Crippen LogP contribution in [0.5, 0.6) is 0 Å². The van der Waals surface area contributed by atoms with Gasteiger partial charge in [0.1, 0.15) is 5.01 Å². The van der Waals surface area contributed by atoms with Gasteiger partial charge in [-0.3, -0.25) is 4.79 Å². The van der Waals surface area contributed by atoms with Crippen molar-refractivity contribution in [3.05, 3.63) is 29.3 Å². The lowest BCUT2D eigenvalue weighted by Crippen LogP contribution is -2.40. The third kappa shape index (κ3) is 3.75. The van der Waals surface area contributed by atoms with Crippen LogP contribution in [0.15, 0.2) is 24.3 Å². The Bertz CT molecular complexity index is 519. The normalized spacial score (nSPS) is 12.5. The molecule has 0 spiro atoms. The second-order valence-electron chi connectivity index (χ2n) is 4.54. The fourth-order valence-electron chi connectivity index (χ4n) is 1.84. The molecule has 0 aliphatic carbocycles. The van der Waals surface area contributed by atoms with Gasteiger partial charge in [-0.25, -0.2) is 4.98 Å². The minimum absolute atomic E-state index is 0.0901. The monoisotopic (exact) mass is 277 g/mol. The number of fused-ring (bicyclic) bond motifs is 1. The Labute approximate surface area is 117 Å². The van der Waals surface area contributed by atoms with E-state index in [9.17, 15) is 4.79 Å². The quantitative estimate of drug-likeness (QED) is 0.852. The van der Waals surface area contributed by atoms with Crippen LogP contribution in [0.2, 0.25) is 0 Å². The zero-order valence-corrected chi connectivity index (χ0v) is 11.9. The van der Waals surface area contributed by atoms with Gasteiger partial charge in [-0.15, -0.1) is 11.3 Å². The van der Waals surface area contributed by atoms with E-state index in [1.165, 1.54) is 0 Å². The number of carbonyl (C=O) groups excluding carboxylic acids is 1. The van der Waals surface area contributed by atoms with Crippen molar-refractivity contribution < 1.29 is 4.79 Å². The summed E-state index contributed by atoms with van der Waals surface area (Å²) < 4.78 is 1.14. The van der Waals surface area contributed by atoms with E-state index in [0.29, 0.717) is 6.54 Å². The van der Waals surface area contributed by atoms with Crippen molar-refractivity contribution in [3.8, 4) is 0 Å². The number of thiazole rings is 1. The van der Waals surface area contributed by atoms with Gasteiger partial charge in [-0.05, 0) is 18.6 Å². The molecule has 2 rings (SSSR count). The lowest BCUT2D eigenvalue weighted by molar-refractivity contribution is -0.122. The fraction of sp³-hybridized carbons (Fsp3) is 0.429. The summed E-state index contributed by atoms with van der Waals surface area (Å²) in [5.74, 6) is -0.0901. The molecule has 0 radical (unpaired) electrons. The molecular weight excluding hydrogens is 258 g/mol. The highest BCUT2D eigenvalue weighted by atomic mass is 32.1. The maximum absolute atomic E-state index is 11.8. The van der Waals surface area contributed by atoms with E-state index in [-0.39, 0.29) is 5.91 Å². The summed E-state index contributed by atoms with van der Waals surface area (Å²) in [4.78, 5) is 16.2. The van der Waals surface area contributed by atoms with Crippen LogP contribution in [0.25, 0.3) is 10.2 Å². The van der Waals surface area contributed by atoms with Gasteiger partial charge < -0.3 is 11.1 Å². The molecule has 0 saturated heterocycles. The first-order valence-electron chi connectivity index (χ1n) is 6.58. The van der Waals surface area contributed by atoms with Crippen molar-refractivity contribution in [2.75, 3.05) is 0 Å². The average Bonchev–Trinajstić information content (AvgIpc) is 2.84. The number of amides is 1. The van der Waals surface area contributed by atoms with Gasteiger partial charge >= 0.3 is 0 Å². The van der Waals surface area contributed by atoms with Crippen molar-refractivity contribution in [1.29, 1.82) is 0 Å². The minimum Gasteiger partial charge on any atom is -0.348 e. The molecule has 1 heterocycles. The highest BCUT2D eigenvalue weighted by Gasteiger charge is 2.13. The number of hydrogen-bond acceptors (Lipinski definition) is 4. The number of hydrogen-bond donors (Lipinski definition) is 2. The first-order chi connectivity index (χ1) is 9.20. The van der Waals surface area contributed by atoms with E-state index < -0.39 is 6.04 Å². The number of rotatable bonds is 6. The van der Waals surface area contributed by atoms with Crippen LogP contribution < -0.4 is 11.1 Å². The van der Waals surface area contributed by atoms with Crippen molar-refractivity contribution in [1.82, 2.24) is 10.3 Å². The first kappa shape index (κ1) is 14.0. The number of carbonyl (C=O) groups is 1. The van der Waals surface area contributed by atoms with E-state index >= 15 is 0 Å². The predicted octanol–water partition coefficient (Wildman–Crippen LogP) is 2.43. The molecule has 1 amide bonds. The van der Waals surface area contributed by atoms with Gasteiger partial charge in [0, 0.05) is 0 Å². The number of nitrogens with one attached hydrogen (secondary N) is 1. The van der Waals surface area contributed by atoms with Crippen LogP contribution in [0, 0.1) is 0 Å².